The fraction of sp³-hybridized carbons (Fsp3) is 0. The van der Waals surface area contributed by atoms with Crippen LogP contribution in [0.4, 0.5) is 0 Å². The third-order valence-corrected chi connectivity index (χ3v) is 2.46. The molecule has 0 N–H and O–H groups in total. The van der Waals surface area contributed by atoms with Crippen molar-refractivity contribution in [1.29, 1.82) is 0 Å². The van der Waals surface area contributed by atoms with Crippen LogP contribution in [0.1, 0.15) is 0 Å². The monoisotopic (exact) mass is 231 g/mol. The largest absolute Gasteiger partial charge is 0.418 e. The lowest BCUT2D eigenvalue weighted by Crippen LogP contribution is -1.81. The highest BCUT2D eigenvalue weighted by molar-refractivity contribution is 6.31. The van der Waals surface area contributed by atoms with Gasteiger partial charge in [-0.15, -0.1) is 0 Å². The highest BCUT2D eigenvalue weighted by atomic mass is 35.5. The van der Waals surface area contributed by atoms with Crippen LogP contribution in [0.15, 0.2) is 41.1 Å². The second-order valence-electron chi connectivity index (χ2n) is 3.19. The molecule has 0 saturated carbocycles. The number of pyridine rings is 2. The van der Waals surface area contributed by atoms with Gasteiger partial charge in [0.2, 0.25) is 11.6 Å². The summed E-state index contributed by atoms with van der Waals surface area (Å²) in [5, 5.41) is 0.369. The topological polar surface area (TPSA) is 51.8 Å². The van der Waals surface area contributed by atoms with Crippen LogP contribution in [0.25, 0.3) is 22.7 Å². The molecule has 0 unspecified atom stereocenters. The van der Waals surface area contributed by atoms with Crippen molar-refractivity contribution < 1.29 is 4.42 Å². The number of aromatic nitrogens is 3. The molecule has 3 rings (SSSR count). The van der Waals surface area contributed by atoms with Crippen LogP contribution in [-0.4, -0.2) is 15.0 Å². The third kappa shape index (κ3) is 1.44. The molecule has 0 amide bonds. The summed E-state index contributed by atoms with van der Waals surface area (Å²) in [6.07, 6.45) is 3.27. The number of rotatable bonds is 1. The predicted octanol–water partition coefficient (Wildman–Crippen LogP) is 2.94. The highest BCUT2D eigenvalue weighted by Gasteiger charge is 2.11. The number of fused-ring (bicyclic) bond motifs is 1. The lowest BCUT2D eigenvalue weighted by molar-refractivity contribution is 0.607. The zero-order valence-electron chi connectivity index (χ0n) is 8.09. The average molecular weight is 232 g/mol. The standard InChI is InChI=1S/C11H6ClN3O/c12-9-7(3-1-5-13-9)10-15-8-4-2-6-14-11(8)16-10/h1-6H. The first-order valence-corrected chi connectivity index (χ1v) is 5.05. The Labute approximate surface area is 95.9 Å². The van der Waals surface area contributed by atoms with E-state index in [0.29, 0.717) is 27.8 Å². The van der Waals surface area contributed by atoms with Crippen molar-refractivity contribution in [2.75, 3.05) is 0 Å². The number of hydrogen-bond donors (Lipinski definition) is 0. The Morgan fingerprint density at radius 3 is 2.69 bits per heavy atom. The van der Waals surface area contributed by atoms with E-state index in [-0.39, 0.29) is 0 Å². The zero-order valence-corrected chi connectivity index (χ0v) is 8.85. The van der Waals surface area contributed by atoms with Crippen molar-refractivity contribution >= 4 is 22.8 Å². The van der Waals surface area contributed by atoms with E-state index in [1.165, 1.54) is 0 Å². The van der Waals surface area contributed by atoms with Crippen LogP contribution in [0.5, 0.6) is 0 Å². The first kappa shape index (κ1) is 9.30. The summed E-state index contributed by atoms with van der Waals surface area (Å²) in [5.74, 6) is 0.437. The van der Waals surface area contributed by atoms with Gasteiger partial charge in [-0.3, -0.25) is 0 Å². The minimum absolute atomic E-state index is 0.369. The molecule has 5 heteroatoms. The molecule has 3 aromatic heterocycles. The van der Waals surface area contributed by atoms with Gasteiger partial charge in [0, 0.05) is 12.4 Å². The van der Waals surface area contributed by atoms with E-state index >= 15 is 0 Å². The van der Waals surface area contributed by atoms with E-state index in [0.717, 1.165) is 0 Å². The van der Waals surface area contributed by atoms with E-state index in [2.05, 4.69) is 15.0 Å². The molecular formula is C11H6ClN3O. The van der Waals surface area contributed by atoms with Crippen LogP contribution >= 0.6 is 11.6 Å². The smallest absolute Gasteiger partial charge is 0.247 e. The summed E-state index contributed by atoms with van der Waals surface area (Å²) in [7, 11) is 0. The molecule has 0 radical (unpaired) electrons. The van der Waals surface area contributed by atoms with Crippen molar-refractivity contribution in [2.24, 2.45) is 0 Å². The Morgan fingerprint density at radius 1 is 1.06 bits per heavy atom. The first-order chi connectivity index (χ1) is 7.84. The number of nitrogens with zero attached hydrogens (tertiary/aromatic N) is 3. The SMILES string of the molecule is Clc1ncccc1-c1nc2cccnc2o1. The fourth-order valence-corrected chi connectivity index (χ4v) is 1.63. The Bertz CT molecular complexity index is 617. The van der Waals surface area contributed by atoms with Crippen LogP contribution in [0, 0.1) is 0 Å². The van der Waals surface area contributed by atoms with E-state index in [4.69, 9.17) is 16.0 Å². The molecule has 3 aromatic rings. The summed E-state index contributed by atoms with van der Waals surface area (Å²) in [5.41, 5.74) is 1.87. The Kier molecular flexibility index (Phi) is 2.08. The predicted molar refractivity (Wildman–Crippen MR) is 60.0 cm³/mol. The molecule has 0 aliphatic carbocycles. The van der Waals surface area contributed by atoms with Gasteiger partial charge in [0.15, 0.2) is 0 Å². The molecular weight excluding hydrogens is 226 g/mol. The summed E-state index contributed by atoms with van der Waals surface area (Å²) >= 11 is 5.95. The summed E-state index contributed by atoms with van der Waals surface area (Å²) < 4.78 is 5.49. The minimum atomic E-state index is 0.369. The maximum atomic E-state index is 5.95. The van der Waals surface area contributed by atoms with Gasteiger partial charge < -0.3 is 4.42 Å². The first-order valence-electron chi connectivity index (χ1n) is 4.67. The van der Waals surface area contributed by atoms with Crippen molar-refractivity contribution in [3.8, 4) is 11.5 Å². The molecule has 0 aromatic carbocycles. The van der Waals surface area contributed by atoms with Gasteiger partial charge in [0.05, 0.1) is 5.56 Å². The van der Waals surface area contributed by atoms with E-state index in [1.54, 1.807) is 30.6 Å². The van der Waals surface area contributed by atoms with Crippen molar-refractivity contribution in [2.45, 2.75) is 0 Å². The van der Waals surface area contributed by atoms with Gasteiger partial charge in [-0.2, -0.15) is 0 Å². The zero-order chi connectivity index (χ0) is 11.0. The molecule has 4 nitrogen and oxygen atoms in total. The molecule has 16 heavy (non-hydrogen) atoms. The maximum Gasteiger partial charge on any atom is 0.247 e. The van der Waals surface area contributed by atoms with E-state index < -0.39 is 0 Å². The Balaban J connectivity index is 2.23. The van der Waals surface area contributed by atoms with Crippen molar-refractivity contribution in [1.82, 2.24) is 15.0 Å². The molecule has 0 spiro atoms. The fourth-order valence-electron chi connectivity index (χ4n) is 1.43. The van der Waals surface area contributed by atoms with Crippen molar-refractivity contribution in [3.05, 3.63) is 41.8 Å². The van der Waals surface area contributed by atoms with E-state index in [9.17, 15) is 0 Å². The lowest BCUT2D eigenvalue weighted by atomic mass is 10.3. The molecule has 0 aliphatic rings. The molecule has 0 bridgehead atoms. The molecule has 3 heterocycles. The molecule has 78 valence electrons. The summed E-state index contributed by atoms with van der Waals surface area (Å²) in [6, 6.07) is 7.22. The number of hydrogen-bond acceptors (Lipinski definition) is 4. The molecule has 0 fully saturated rings. The molecule has 0 atom stereocenters. The van der Waals surface area contributed by atoms with Gasteiger partial charge in [0.1, 0.15) is 10.7 Å². The second-order valence-corrected chi connectivity index (χ2v) is 3.55. The van der Waals surface area contributed by atoms with Crippen LogP contribution in [0.3, 0.4) is 0 Å². The van der Waals surface area contributed by atoms with Gasteiger partial charge in [-0.05, 0) is 24.3 Å². The summed E-state index contributed by atoms with van der Waals surface area (Å²) in [4.78, 5) is 12.3. The van der Waals surface area contributed by atoms with Crippen molar-refractivity contribution in [3.63, 3.8) is 0 Å². The van der Waals surface area contributed by atoms with Gasteiger partial charge in [-0.1, -0.05) is 11.6 Å². The maximum absolute atomic E-state index is 5.95. The lowest BCUT2D eigenvalue weighted by Gasteiger charge is -1.95. The third-order valence-electron chi connectivity index (χ3n) is 2.16. The summed E-state index contributed by atoms with van der Waals surface area (Å²) in [6.45, 7) is 0. The van der Waals surface area contributed by atoms with E-state index in [1.807, 2.05) is 6.07 Å². The Morgan fingerprint density at radius 2 is 1.88 bits per heavy atom. The number of halogens is 1. The van der Waals surface area contributed by atoms with Crippen LogP contribution in [-0.2, 0) is 0 Å². The van der Waals surface area contributed by atoms with Gasteiger partial charge >= 0.3 is 0 Å². The van der Waals surface area contributed by atoms with Gasteiger partial charge in [0.25, 0.3) is 0 Å². The normalized spacial score (nSPS) is 10.8. The molecule has 0 aliphatic heterocycles. The molecule has 0 saturated heterocycles. The van der Waals surface area contributed by atoms with Crippen LogP contribution < -0.4 is 0 Å². The number of oxazole rings is 1. The average Bonchev–Trinajstić information content (AvgIpc) is 2.73. The minimum Gasteiger partial charge on any atom is -0.418 e. The second kappa shape index (κ2) is 3.57. The van der Waals surface area contributed by atoms with Gasteiger partial charge in [-0.25, -0.2) is 15.0 Å². The Hall–Kier alpha value is -1.94. The van der Waals surface area contributed by atoms with Crippen LogP contribution in [0.2, 0.25) is 5.15 Å². The highest BCUT2D eigenvalue weighted by Crippen LogP contribution is 2.27. The quantitative estimate of drug-likeness (QED) is 0.604.